The second-order valence-corrected chi connectivity index (χ2v) is 15.2. The van der Waals surface area contributed by atoms with Gasteiger partial charge in [-0.2, -0.15) is 5.10 Å². The predicted octanol–water partition coefficient (Wildman–Crippen LogP) is 8.61. The molecule has 4 heterocycles. The number of fused-ring (bicyclic) bond motifs is 4. The van der Waals surface area contributed by atoms with Crippen LogP contribution >= 0.6 is 23.2 Å². The van der Waals surface area contributed by atoms with E-state index in [1.807, 2.05) is 63.7 Å². The van der Waals surface area contributed by atoms with Crippen LogP contribution in [0.25, 0.3) is 32.9 Å². The topological polar surface area (TPSA) is 124 Å². The number of methoxy groups -OCH3 is 1. The molecule has 11 nitrogen and oxygen atoms in total. The fraction of sp³-hybridized carbons (Fsp3) is 0.357. The van der Waals surface area contributed by atoms with E-state index in [1.165, 1.54) is 0 Å². The number of aliphatic hydroxyl groups excluding tert-OH is 1. The first kappa shape index (κ1) is 38.5. The Morgan fingerprint density at radius 2 is 1.73 bits per heavy atom. The van der Waals surface area contributed by atoms with Crippen LogP contribution in [0.2, 0.25) is 10.0 Å². The lowest BCUT2D eigenvalue weighted by atomic mass is 9.98. The summed E-state index contributed by atoms with van der Waals surface area (Å²) in [6, 6.07) is 12.7. The summed E-state index contributed by atoms with van der Waals surface area (Å²) in [5, 5.41) is 28.1. The molecular formula is C42H45Cl2N5O6. The number of halogens is 2. The molecule has 13 heteroatoms. The molecule has 0 saturated heterocycles. The number of aliphatic hydroxyl groups is 1. The molecule has 6 aromatic rings. The van der Waals surface area contributed by atoms with E-state index in [-0.39, 0.29) is 43.9 Å². The first-order valence-electron chi connectivity index (χ1n) is 18.3. The summed E-state index contributed by atoms with van der Waals surface area (Å²) >= 11 is 13.5. The molecule has 1 aliphatic rings. The largest absolute Gasteiger partial charge is 0.494 e. The molecule has 0 bridgehead atoms. The molecule has 7 rings (SSSR count). The number of rotatable bonds is 12. The third kappa shape index (κ3) is 6.56. The van der Waals surface area contributed by atoms with Crippen LogP contribution in [-0.2, 0) is 31.4 Å². The number of carbonyl (C=O) groups is 2. The summed E-state index contributed by atoms with van der Waals surface area (Å²) in [4.78, 5) is 29.5. The van der Waals surface area contributed by atoms with Crippen molar-refractivity contribution in [2.75, 3.05) is 31.8 Å². The van der Waals surface area contributed by atoms with Gasteiger partial charge < -0.3 is 33.7 Å². The Labute approximate surface area is 329 Å². The Balaban J connectivity index is 1.41. The molecule has 0 saturated carbocycles. The van der Waals surface area contributed by atoms with Gasteiger partial charge in [-0.1, -0.05) is 29.3 Å². The molecule has 0 spiro atoms. The van der Waals surface area contributed by atoms with Crippen LogP contribution in [0.5, 0.6) is 5.75 Å². The highest BCUT2D eigenvalue weighted by Gasteiger charge is 2.38. The first-order valence-corrected chi connectivity index (χ1v) is 19.1. The summed E-state index contributed by atoms with van der Waals surface area (Å²) in [6.07, 6.45) is 1.14. The number of ether oxygens (including phenoxy) is 2. The lowest BCUT2D eigenvalue weighted by molar-refractivity contribution is 0.0683. The van der Waals surface area contributed by atoms with Crippen LogP contribution in [0.4, 0.5) is 5.69 Å². The molecule has 0 unspecified atom stereocenters. The van der Waals surface area contributed by atoms with Crippen molar-refractivity contribution in [2.24, 2.45) is 7.05 Å². The van der Waals surface area contributed by atoms with E-state index >= 15 is 4.79 Å². The highest BCUT2D eigenvalue weighted by atomic mass is 35.5. The van der Waals surface area contributed by atoms with Gasteiger partial charge in [0.25, 0.3) is 5.91 Å². The number of hydrogen-bond acceptors (Lipinski definition) is 6. The van der Waals surface area contributed by atoms with Crippen molar-refractivity contribution in [3.63, 3.8) is 0 Å². The Bertz CT molecular complexity index is 2490. The number of hydrogen-bond donors (Lipinski definition) is 2. The summed E-state index contributed by atoms with van der Waals surface area (Å²) in [5.74, 6) is -0.592. The molecule has 3 aromatic heterocycles. The molecule has 0 aliphatic carbocycles. The van der Waals surface area contributed by atoms with Gasteiger partial charge in [-0.25, -0.2) is 4.79 Å². The fourth-order valence-electron chi connectivity index (χ4n) is 8.28. The summed E-state index contributed by atoms with van der Waals surface area (Å²) in [6.45, 7) is 10.9. The molecule has 1 amide bonds. The minimum absolute atomic E-state index is 0.0725. The average Bonchev–Trinajstić information content (AvgIpc) is 3.77. The fourth-order valence-corrected chi connectivity index (χ4v) is 8.63. The molecule has 3 aromatic carbocycles. The Morgan fingerprint density at radius 3 is 2.36 bits per heavy atom. The van der Waals surface area contributed by atoms with E-state index < -0.39 is 5.97 Å². The number of benzene rings is 3. The van der Waals surface area contributed by atoms with Gasteiger partial charge in [0.1, 0.15) is 17.1 Å². The molecule has 1 atom stereocenters. The van der Waals surface area contributed by atoms with Gasteiger partial charge in [0.2, 0.25) is 0 Å². The van der Waals surface area contributed by atoms with Crippen LogP contribution in [-0.4, -0.2) is 67.9 Å². The van der Waals surface area contributed by atoms with Crippen LogP contribution in [0.1, 0.15) is 74.0 Å². The van der Waals surface area contributed by atoms with E-state index in [0.717, 1.165) is 60.9 Å². The maximum absolute atomic E-state index is 15.3. The molecule has 2 N–H and O–H groups in total. The third-order valence-corrected chi connectivity index (χ3v) is 11.7. The van der Waals surface area contributed by atoms with Crippen molar-refractivity contribution in [3.05, 3.63) is 97.5 Å². The minimum atomic E-state index is -1.10. The highest BCUT2D eigenvalue weighted by Crippen LogP contribution is 2.46. The van der Waals surface area contributed by atoms with Gasteiger partial charge in [-0.3, -0.25) is 9.48 Å². The van der Waals surface area contributed by atoms with Crippen LogP contribution in [0, 0.1) is 27.7 Å². The van der Waals surface area contributed by atoms with E-state index in [4.69, 9.17) is 37.8 Å². The highest BCUT2D eigenvalue weighted by molar-refractivity contribution is 6.35. The lowest BCUT2D eigenvalue weighted by Gasteiger charge is -2.35. The van der Waals surface area contributed by atoms with E-state index in [2.05, 4.69) is 11.5 Å². The van der Waals surface area contributed by atoms with Gasteiger partial charge in [0.05, 0.1) is 47.3 Å². The zero-order valence-corrected chi connectivity index (χ0v) is 33.6. The first-order chi connectivity index (χ1) is 26.3. The number of nitrogens with zero attached hydrogens (tertiary/aromatic N) is 5. The van der Waals surface area contributed by atoms with E-state index in [9.17, 15) is 15.0 Å². The normalized spacial score (nSPS) is 14.4. The maximum atomic E-state index is 15.3. The van der Waals surface area contributed by atoms with Gasteiger partial charge in [-0.15, -0.1) is 0 Å². The van der Waals surface area contributed by atoms with Crippen LogP contribution in [0.3, 0.4) is 0 Å². The van der Waals surface area contributed by atoms with Crippen molar-refractivity contribution in [1.29, 1.82) is 0 Å². The monoisotopic (exact) mass is 785 g/mol. The van der Waals surface area contributed by atoms with Crippen molar-refractivity contribution < 1.29 is 29.3 Å². The smallest absolute Gasteiger partial charge is 0.352 e. The number of aryl methyl sites for hydroxylation is 5. The zero-order chi connectivity index (χ0) is 39.5. The molecule has 1 aliphatic heterocycles. The Morgan fingerprint density at radius 1 is 1.00 bits per heavy atom. The average molecular weight is 787 g/mol. The molecule has 0 radical (unpaired) electrons. The number of aromatic nitrogens is 4. The molecular weight excluding hydrogens is 741 g/mol. The van der Waals surface area contributed by atoms with E-state index in [1.54, 1.807) is 34.8 Å². The third-order valence-electron chi connectivity index (χ3n) is 10.8. The van der Waals surface area contributed by atoms with Gasteiger partial charge in [0.15, 0.2) is 0 Å². The Kier molecular flexibility index (Phi) is 10.5. The van der Waals surface area contributed by atoms with Crippen molar-refractivity contribution in [1.82, 2.24) is 18.9 Å². The summed E-state index contributed by atoms with van der Waals surface area (Å²) in [7, 11) is 3.47. The molecule has 0 fully saturated rings. The van der Waals surface area contributed by atoms with Gasteiger partial charge >= 0.3 is 5.97 Å². The van der Waals surface area contributed by atoms with Gasteiger partial charge in [-0.05, 0) is 106 Å². The number of aromatic carboxylic acids is 1. The quantitative estimate of drug-likeness (QED) is 0.119. The second kappa shape index (κ2) is 15.0. The van der Waals surface area contributed by atoms with Gasteiger partial charge in [0, 0.05) is 65.9 Å². The summed E-state index contributed by atoms with van der Waals surface area (Å²) < 4.78 is 17.2. The predicted molar refractivity (Wildman–Crippen MR) is 216 cm³/mol. The van der Waals surface area contributed by atoms with Crippen LogP contribution < -0.4 is 9.64 Å². The second-order valence-electron chi connectivity index (χ2n) is 14.5. The van der Waals surface area contributed by atoms with Crippen molar-refractivity contribution in [3.8, 4) is 16.9 Å². The lowest BCUT2D eigenvalue weighted by Crippen LogP contribution is -2.43. The molecule has 55 heavy (non-hydrogen) atoms. The van der Waals surface area contributed by atoms with Crippen molar-refractivity contribution in [2.45, 2.75) is 66.7 Å². The number of carboxylic acid groups (broad SMARTS) is 1. The number of carboxylic acids is 1. The Hall–Kier alpha value is -4.81. The number of amides is 1. The van der Waals surface area contributed by atoms with Crippen LogP contribution in [0.15, 0.2) is 42.5 Å². The molecule has 288 valence electrons. The standard InChI is InChI=1S/C42H45Cl2N5O6/c1-22-15-29(16-23(2)37(22)44)55-13-8-9-30-31-10-11-32(43)36(35-25(4)45-46(6)26(35)5)39(31)49-24(3)20-48(41(51)40(30)49)33-18-27(21-50)17-28-19-34(42(52)53)47(38(28)33)12-14-54-7/h10-11,15-19,24,50H,8-9,12-14,20-21H2,1-7H3,(H,52,53)/t24-/m1/s1. The number of carbonyl (C=O) groups excluding carboxylic acids is 1. The zero-order valence-electron chi connectivity index (χ0n) is 32.1. The SMILES string of the molecule is COCCn1c(C(=O)O)cc2cc(CO)cc(N3C[C@@H](C)n4c(c(CCCOc5cc(C)c(Cl)c(C)c5)c5ccc(Cl)c(-c6c(C)nn(C)c6C)c54)C3=O)c21. The van der Waals surface area contributed by atoms with E-state index in [0.29, 0.717) is 52.3 Å². The number of anilines is 1. The van der Waals surface area contributed by atoms with Crippen molar-refractivity contribution >= 4 is 62.6 Å². The summed E-state index contributed by atoms with van der Waals surface area (Å²) in [5.41, 5.74) is 9.46. The maximum Gasteiger partial charge on any atom is 0.352 e. The minimum Gasteiger partial charge on any atom is -0.494 e.